The predicted octanol–water partition coefficient (Wildman–Crippen LogP) is -0.776. The fraction of sp³-hybridized carbons (Fsp3) is 0.200. The predicted molar refractivity (Wildman–Crippen MR) is 33.7 cm³/mol. The van der Waals surface area contributed by atoms with Gasteiger partial charge in [0.25, 0.3) is 0 Å². The first kappa shape index (κ1) is 6.60. The van der Waals surface area contributed by atoms with E-state index in [4.69, 9.17) is 10.9 Å². The molecule has 3 N–H and O–H groups in total. The summed E-state index contributed by atoms with van der Waals surface area (Å²) in [4.78, 5) is 13.8. The lowest BCUT2D eigenvalue weighted by molar-refractivity contribution is -0.136. The minimum Gasteiger partial charge on any atom is -0.481 e. The van der Waals surface area contributed by atoms with Crippen molar-refractivity contribution in [3.8, 4) is 0 Å². The van der Waals surface area contributed by atoms with E-state index < -0.39 is 5.97 Å². The summed E-state index contributed by atoms with van der Waals surface area (Å²) in [6.45, 7) is 0. The van der Waals surface area contributed by atoms with Crippen LogP contribution in [-0.4, -0.2) is 20.7 Å². The van der Waals surface area contributed by atoms with Crippen LogP contribution in [0.4, 0.5) is 0 Å². The molecule has 1 aromatic rings. The topological polar surface area (TPSA) is 81.1 Å². The lowest BCUT2D eigenvalue weighted by Gasteiger charge is -1.95. The van der Waals surface area contributed by atoms with Crippen molar-refractivity contribution in [2.45, 2.75) is 6.42 Å². The molecular formula is C5H7N3O2. The van der Waals surface area contributed by atoms with E-state index in [9.17, 15) is 4.79 Å². The fourth-order valence-corrected chi connectivity index (χ4v) is 0.616. The third kappa shape index (κ3) is 1.25. The van der Waals surface area contributed by atoms with Crippen LogP contribution in [0.3, 0.4) is 0 Å². The van der Waals surface area contributed by atoms with Gasteiger partial charge in [-0.15, -0.1) is 0 Å². The molecular weight excluding hydrogens is 134 g/mol. The molecule has 54 valence electrons. The minimum atomic E-state index is -0.932. The zero-order chi connectivity index (χ0) is 7.56. The van der Waals surface area contributed by atoms with Crippen molar-refractivity contribution < 1.29 is 9.90 Å². The van der Waals surface area contributed by atoms with Crippen LogP contribution in [0.25, 0.3) is 0 Å². The second-order valence-corrected chi connectivity index (χ2v) is 1.82. The van der Waals surface area contributed by atoms with Crippen molar-refractivity contribution in [3.05, 3.63) is 18.2 Å². The maximum absolute atomic E-state index is 10.1. The molecule has 0 fully saturated rings. The van der Waals surface area contributed by atoms with Crippen molar-refractivity contribution in [1.82, 2.24) is 9.66 Å². The van der Waals surface area contributed by atoms with E-state index in [2.05, 4.69) is 4.98 Å². The average molecular weight is 141 g/mol. The first-order chi connectivity index (χ1) is 4.70. The van der Waals surface area contributed by atoms with Crippen LogP contribution in [0, 0.1) is 0 Å². The van der Waals surface area contributed by atoms with Gasteiger partial charge in [-0.05, 0) is 0 Å². The van der Waals surface area contributed by atoms with Crippen molar-refractivity contribution in [3.63, 3.8) is 0 Å². The maximum atomic E-state index is 10.1. The van der Waals surface area contributed by atoms with Gasteiger partial charge in [0.05, 0.1) is 0 Å². The molecule has 0 aliphatic carbocycles. The number of carboxylic acid groups (broad SMARTS) is 1. The quantitative estimate of drug-likeness (QED) is 0.529. The number of carboxylic acids is 1. The number of imidazole rings is 1. The van der Waals surface area contributed by atoms with Gasteiger partial charge in [0.2, 0.25) is 0 Å². The molecule has 0 unspecified atom stereocenters. The largest absolute Gasteiger partial charge is 0.481 e. The summed E-state index contributed by atoms with van der Waals surface area (Å²) < 4.78 is 1.19. The average Bonchev–Trinajstić information content (AvgIpc) is 2.15. The van der Waals surface area contributed by atoms with E-state index in [1.165, 1.54) is 17.1 Å². The molecule has 0 spiro atoms. The summed E-state index contributed by atoms with van der Waals surface area (Å²) in [7, 11) is 0. The van der Waals surface area contributed by atoms with Gasteiger partial charge in [0.1, 0.15) is 12.2 Å². The molecule has 1 heterocycles. The molecule has 0 bridgehead atoms. The van der Waals surface area contributed by atoms with Gasteiger partial charge in [-0.3, -0.25) is 9.47 Å². The van der Waals surface area contributed by atoms with Crippen LogP contribution in [0.2, 0.25) is 0 Å². The van der Waals surface area contributed by atoms with Crippen LogP contribution >= 0.6 is 0 Å². The summed E-state index contributed by atoms with van der Waals surface area (Å²) in [6, 6.07) is 0. The van der Waals surface area contributed by atoms with Crippen molar-refractivity contribution in [2.24, 2.45) is 0 Å². The number of hydrogen-bond acceptors (Lipinski definition) is 3. The van der Waals surface area contributed by atoms with Crippen LogP contribution in [0.5, 0.6) is 0 Å². The summed E-state index contributed by atoms with van der Waals surface area (Å²) >= 11 is 0. The number of carbonyl (C=O) groups is 1. The number of aromatic nitrogens is 2. The van der Waals surface area contributed by atoms with Gasteiger partial charge in [0.15, 0.2) is 0 Å². The van der Waals surface area contributed by atoms with E-state index >= 15 is 0 Å². The molecule has 1 aromatic heterocycles. The number of nitrogens with zero attached hydrogens (tertiary/aromatic N) is 2. The molecule has 0 saturated carbocycles. The molecule has 10 heavy (non-hydrogen) atoms. The van der Waals surface area contributed by atoms with E-state index in [1.54, 1.807) is 0 Å². The molecule has 0 aliphatic heterocycles. The zero-order valence-corrected chi connectivity index (χ0v) is 5.19. The van der Waals surface area contributed by atoms with E-state index in [0.29, 0.717) is 5.82 Å². The molecule has 5 nitrogen and oxygen atoms in total. The standard InChI is InChI=1S/C5H7N3O2/c6-8-2-1-7-4(8)3-5(9)10/h1-2H,3,6H2,(H,9,10). The Hall–Kier alpha value is -1.52. The second kappa shape index (κ2) is 2.38. The van der Waals surface area contributed by atoms with Crippen molar-refractivity contribution in [2.75, 3.05) is 5.84 Å². The normalized spacial score (nSPS) is 9.60. The molecule has 0 amide bonds. The third-order valence-corrected chi connectivity index (χ3v) is 1.06. The van der Waals surface area contributed by atoms with Gasteiger partial charge in [-0.1, -0.05) is 0 Å². The number of aliphatic carboxylic acids is 1. The maximum Gasteiger partial charge on any atom is 0.311 e. The number of rotatable bonds is 2. The Morgan fingerprint density at radius 2 is 2.60 bits per heavy atom. The number of nitrogens with two attached hydrogens (primary N) is 1. The molecule has 1 rings (SSSR count). The number of nitrogen functional groups attached to an aromatic ring is 1. The van der Waals surface area contributed by atoms with Crippen LogP contribution < -0.4 is 5.84 Å². The summed E-state index contributed by atoms with van der Waals surface area (Å²) in [5, 5.41) is 8.30. The van der Waals surface area contributed by atoms with Gasteiger partial charge < -0.3 is 10.9 Å². The Balaban J connectivity index is 2.74. The lowest BCUT2D eigenvalue weighted by atomic mass is 10.4. The van der Waals surface area contributed by atoms with E-state index in [1.807, 2.05) is 0 Å². The fourth-order valence-electron chi connectivity index (χ4n) is 0.616. The molecule has 0 saturated heterocycles. The Kier molecular flexibility index (Phi) is 1.57. The van der Waals surface area contributed by atoms with Crippen LogP contribution in [0.15, 0.2) is 12.4 Å². The number of hydrogen-bond donors (Lipinski definition) is 2. The van der Waals surface area contributed by atoms with Gasteiger partial charge in [-0.2, -0.15) is 0 Å². The Morgan fingerprint density at radius 1 is 1.90 bits per heavy atom. The third-order valence-electron chi connectivity index (χ3n) is 1.06. The Labute approximate surface area is 57.1 Å². The lowest BCUT2D eigenvalue weighted by Crippen LogP contribution is -2.14. The van der Waals surface area contributed by atoms with E-state index in [-0.39, 0.29) is 6.42 Å². The van der Waals surface area contributed by atoms with Crippen molar-refractivity contribution in [1.29, 1.82) is 0 Å². The molecule has 0 aromatic carbocycles. The zero-order valence-electron chi connectivity index (χ0n) is 5.19. The molecule has 0 atom stereocenters. The van der Waals surface area contributed by atoms with Crippen LogP contribution in [0.1, 0.15) is 5.82 Å². The SMILES string of the molecule is Nn1ccnc1CC(=O)O. The molecule has 5 heteroatoms. The summed E-state index contributed by atoms with van der Waals surface area (Å²) in [6.07, 6.45) is 2.82. The van der Waals surface area contributed by atoms with Crippen molar-refractivity contribution >= 4 is 5.97 Å². The smallest absolute Gasteiger partial charge is 0.311 e. The van der Waals surface area contributed by atoms with E-state index in [0.717, 1.165) is 0 Å². The highest BCUT2D eigenvalue weighted by Crippen LogP contribution is 1.91. The first-order valence-electron chi connectivity index (χ1n) is 2.69. The summed E-state index contributed by atoms with van der Waals surface area (Å²) in [5.41, 5.74) is 0. The monoisotopic (exact) mass is 141 g/mol. The highest BCUT2D eigenvalue weighted by atomic mass is 16.4. The Morgan fingerprint density at radius 3 is 3.00 bits per heavy atom. The van der Waals surface area contributed by atoms with Gasteiger partial charge in [-0.25, -0.2) is 4.98 Å². The Bertz CT molecular complexity index is 243. The first-order valence-corrected chi connectivity index (χ1v) is 2.69. The van der Waals surface area contributed by atoms with Gasteiger partial charge in [0, 0.05) is 12.4 Å². The highest BCUT2D eigenvalue weighted by molar-refractivity contribution is 5.69. The molecule has 0 radical (unpaired) electrons. The summed E-state index contributed by atoms with van der Waals surface area (Å²) in [5.74, 6) is 4.70. The highest BCUT2D eigenvalue weighted by Gasteiger charge is 2.03. The second-order valence-electron chi connectivity index (χ2n) is 1.82. The van der Waals surface area contributed by atoms with Gasteiger partial charge >= 0.3 is 5.97 Å². The molecule has 0 aliphatic rings. The minimum absolute atomic E-state index is 0.135. The van der Waals surface area contributed by atoms with Crippen LogP contribution in [-0.2, 0) is 11.2 Å².